The van der Waals surface area contributed by atoms with Crippen molar-refractivity contribution in [2.75, 3.05) is 6.54 Å². The van der Waals surface area contributed by atoms with Gasteiger partial charge in [0.25, 0.3) is 0 Å². The zero-order valence-corrected chi connectivity index (χ0v) is 12.5. The highest BCUT2D eigenvalue weighted by molar-refractivity contribution is 5.09. The lowest BCUT2D eigenvalue weighted by atomic mass is 9.75. The van der Waals surface area contributed by atoms with E-state index in [1.165, 1.54) is 31.2 Å². The van der Waals surface area contributed by atoms with Crippen molar-refractivity contribution >= 4 is 0 Å². The molecule has 0 saturated heterocycles. The minimum Gasteiger partial charge on any atom is -0.472 e. The molecule has 0 aromatic carbocycles. The first-order valence-electron chi connectivity index (χ1n) is 7.36. The summed E-state index contributed by atoms with van der Waals surface area (Å²) in [6, 6.07) is 2.66. The van der Waals surface area contributed by atoms with E-state index in [1.807, 2.05) is 6.26 Å². The smallest absolute Gasteiger partial charge is 0.0934 e. The molecule has 2 nitrogen and oxygen atoms in total. The Morgan fingerprint density at radius 2 is 2.11 bits per heavy atom. The van der Waals surface area contributed by atoms with Crippen molar-refractivity contribution in [3.05, 3.63) is 24.2 Å². The molecule has 0 radical (unpaired) electrons. The molecule has 0 aliphatic rings. The molecule has 0 amide bonds. The fourth-order valence-corrected chi connectivity index (χ4v) is 2.46. The predicted molar refractivity (Wildman–Crippen MR) is 77.8 cm³/mol. The summed E-state index contributed by atoms with van der Waals surface area (Å²) >= 11 is 0. The fraction of sp³-hybridized carbons (Fsp3) is 0.750. The molecule has 1 N–H and O–H groups in total. The van der Waals surface area contributed by atoms with Crippen LogP contribution in [0.5, 0.6) is 0 Å². The Hall–Kier alpha value is -0.760. The van der Waals surface area contributed by atoms with Crippen LogP contribution >= 0.6 is 0 Å². The highest BCUT2D eigenvalue weighted by atomic mass is 16.3. The van der Waals surface area contributed by atoms with Crippen LogP contribution in [0.3, 0.4) is 0 Å². The average Bonchev–Trinajstić information content (AvgIpc) is 2.85. The molecule has 1 heterocycles. The molecule has 0 spiro atoms. The molecule has 1 aromatic rings. The molecule has 0 fully saturated rings. The third-order valence-corrected chi connectivity index (χ3v) is 3.86. The van der Waals surface area contributed by atoms with Gasteiger partial charge in [0, 0.05) is 12.6 Å². The van der Waals surface area contributed by atoms with Crippen molar-refractivity contribution in [3.8, 4) is 0 Å². The van der Waals surface area contributed by atoms with Gasteiger partial charge in [0.15, 0.2) is 0 Å². The van der Waals surface area contributed by atoms with Crippen LogP contribution in [0.15, 0.2) is 23.0 Å². The second kappa shape index (κ2) is 7.63. The average molecular weight is 251 g/mol. The first-order chi connectivity index (χ1) is 8.62. The van der Waals surface area contributed by atoms with Crippen LogP contribution in [-0.2, 0) is 6.42 Å². The molecule has 1 aromatic heterocycles. The van der Waals surface area contributed by atoms with Crippen LogP contribution in [0.4, 0.5) is 0 Å². The van der Waals surface area contributed by atoms with Gasteiger partial charge in [-0.15, -0.1) is 0 Å². The van der Waals surface area contributed by atoms with Crippen molar-refractivity contribution in [1.29, 1.82) is 0 Å². The van der Waals surface area contributed by atoms with Crippen molar-refractivity contribution < 1.29 is 4.42 Å². The Kier molecular flexibility index (Phi) is 6.48. The predicted octanol–water partition coefficient (Wildman–Crippen LogP) is 4.41. The van der Waals surface area contributed by atoms with Gasteiger partial charge in [-0.05, 0) is 36.3 Å². The van der Waals surface area contributed by atoms with E-state index in [4.69, 9.17) is 4.42 Å². The summed E-state index contributed by atoms with van der Waals surface area (Å²) in [5.41, 5.74) is 1.71. The van der Waals surface area contributed by atoms with E-state index in [0.717, 1.165) is 13.0 Å². The minimum atomic E-state index is 0.379. The molecule has 18 heavy (non-hydrogen) atoms. The first kappa shape index (κ1) is 15.3. The summed E-state index contributed by atoms with van der Waals surface area (Å²) in [4.78, 5) is 0. The van der Waals surface area contributed by atoms with Crippen molar-refractivity contribution in [2.45, 2.75) is 65.8 Å². The van der Waals surface area contributed by atoms with E-state index in [0.29, 0.717) is 11.5 Å². The highest BCUT2D eigenvalue weighted by Crippen LogP contribution is 2.32. The fourth-order valence-electron chi connectivity index (χ4n) is 2.46. The molecule has 1 atom stereocenters. The molecule has 1 unspecified atom stereocenters. The lowest BCUT2D eigenvalue weighted by Crippen LogP contribution is -2.38. The molecule has 0 aliphatic carbocycles. The van der Waals surface area contributed by atoms with Gasteiger partial charge in [-0.2, -0.15) is 0 Å². The summed E-state index contributed by atoms with van der Waals surface area (Å²) in [5.74, 6) is 0. The van der Waals surface area contributed by atoms with Gasteiger partial charge in [-0.25, -0.2) is 0 Å². The number of hydrogen-bond acceptors (Lipinski definition) is 2. The molecule has 1 rings (SSSR count). The molecule has 2 heteroatoms. The molecule has 104 valence electrons. The van der Waals surface area contributed by atoms with E-state index in [9.17, 15) is 0 Å². The quantitative estimate of drug-likeness (QED) is 0.703. The zero-order chi connectivity index (χ0) is 13.4. The largest absolute Gasteiger partial charge is 0.472 e. The summed E-state index contributed by atoms with van der Waals surface area (Å²) in [7, 11) is 0. The number of hydrogen-bond donors (Lipinski definition) is 1. The third kappa shape index (κ3) is 4.85. The normalized spacial score (nSPS) is 14.9. The van der Waals surface area contributed by atoms with Crippen molar-refractivity contribution in [2.24, 2.45) is 5.41 Å². The second-order valence-electron chi connectivity index (χ2n) is 5.80. The summed E-state index contributed by atoms with van der Waals surface area (Å²) in [5, 5.41) is 3.63. The maximum atomic E-state index is 5.21. The van der Waals surface area contributed by atoms with Crippen LogP contribution in [0, 0.1) is 5.41 Å². The maximum absolute atomic E-state index is 5.21. The summed E-state index contributed by atoms with van der Waals surface area (Å²) in [6.07, 6.45) is 9.90. The van der Waals surface area contributed by atoms with Crippen LogP contribution in [-0.4, -0.2) is 12.6 Å². The summed E-state index contributed by atoms with van der Waals surface area (Å²) < 4.78 is 5.21. The minimum absolute atomic E-state index is 0.379. The van der Waals surface area contributed by atoms with Gasteiger partial charge in [-0.1, -0.05) is 40.5 Å². The first-order valence-corrected chi connectivity index (χ1v) is 7.36. The van der Waals surface area contributed by atoms with Gasteiger partial charge in [0.05, 0.1) is 12.5 Å². The van der Waals surface area contributed by atoms with E-state index in [-0.39, 0.29) is 0 Å². The monoisotopic (exact) mass is 251 g/mol. The Morgan fingerprint density at radius 3 is 2.61 bits per heavy atom. The standard InChI is InChI=1S/C16H29NO/c1-5-7-9-16(6-2,13-17-14(3)4)11-15-8-10-18-12-15/h8,10,12,14,17H,5-7,9,11,13H2,1-4H3. The zero-order valence-electron chi connectivity index (χ0n) is 12.5. The Labute approximate surface area is 112 Å². The number of nitrogens with one attached hydrogen (secondary N) is 1. The van der Waals surface area contributed by atoms with E-state index in [1.54, 1.807) is 6.26 Å². The van der Waals surface area contributed by atoms with E-state index >= 15 is 0 Å². The lowest BCUT2D eigenvalue weighted by Gasteiger charge is -2.34. The van der Waals surface area contributed by atoms with E-state index in [2.05, 4.69) is 39.1 Å². The summed E-state index contributed by atoms with van der Waals surface area (Å²) in [6.45, 7) is 10.1. The van der Waals surface area contributed by atoms with Crippen LogP contribution in [0.25, 0.3) is 0 Å². The lowest BCUT2D eigenvalue weighted by molar-refractivity contribution is 0.222. The molecule has 0 saturated carbocycles. The number of furan rings is 1. The van der Waals surface area contributed by atoms with Gasteiger partial charge >= 0.3 is 0 Å². The molecule has 0 aliphatic heterocycles. The SMILES string of the molecule is CCCCC(CC)(CNC(C)C)Cc1ccoc1. The van der Waals surface area contributed by atoms with Gasteiger partial charge < -0.3 is 9.73 Å². The van der Waals surface area contributed by atoms with Gasteiger partial charge in [-0.3, -0.25) is 0 Å². The van der Waals surface area contributed by atoms with Gasteiger partial charge in [0.1, 0.15) is 0 Å². The molecular formula is C16H29NO. The van der Waals surface area contributed by atoms with E-state index < -0.39 is 0 Å². The molecular weight excluding hydrogens is 222 g/mol. The van der Waals surface area contributed by atoms with Crippen molar-refractivity contribution in [3.63, 3.8) is 0 Å². The second-order valence-corrected chi connectivity index (χ2v) is 5.80. The Balaban J connectivity index is 2.69. The van der Waals surface area contributed by atoms with Gasteiger partial charge in [0.2, 0.25) is 0 Å². The topological polar surface area (TPSA) is 25.2 Å². The Morgan fingerprint density at radius 1 is 1.33 bits per heavy atom. The van der Waals surface area contributed by atoms with Crippen molar-refractivity contribution in [1.82, 2.24) is 5.32 Å². The van der Waals surface area contributed by atoms with Crippen LogP contribution in [0.2, 0.25) is 0 Å². The number of unbranched alkanes of at least 4 members (excludes halogenated alkanes) is 1. The highest BCUT2D eigenvalue weighted by Gasteiger charge is 2.28. The van der Waals surface area contributed by atoms with Crippen LogP contribution in [0.1, 0.15) is 58.9 Å². The third-order valence-electron chi connectivity index (χ3n) is 3.86. The maximum Gasteiger partial charge on any atom is 0.0934 e. The van der Waals surface area contributed by atoms with Crippen LogP contribution < -0.4 is 5.32 Å². The Bertz CT molecular complexity index is 305. The number of rotatable bonds is 9. The molecule has 0 bridgehead atoms.